The molecule has 0 aliphatic rings. The molecule has 1 aromatic heterocycles. The predicted octanol–water partition coefficient (Wildman–Crippen LogP) is 1.24. The van der Waals surface area contributed by atoms with E-state index in [0.29, 0.717) is 13.2 Å². The number of rotatable bonds is 6. The average Bonchev–Trinajstić information content (AvgIpc) is 2.91. The molecule has 5 heteroatoms. The topological polar surface area (TPSA) is 67.0 Å². The van der Waals surface area contributed by atoms with Gasteiger partial charge in [-0.15, -0.1) is 0 Å². The zero-order valence-electron chi connectivity index (χ0n) is 9.93. The summed E-state index contributed by atoms with van der Waals surface area (Å²) in [7, 11) is 0. The number of nitrogens with zero attached hydrogens (tertiary/aromatic N) is 1. The van der Waals surface area contributed by atoms with Crippen LogP contribution < -0.4 is 5.32 Å². The Bertz CT molecular complexity index is 468. The van der Waals surface area contributed by atoms with E-state index in [1.54, 1.807) is 12.5 Å². The summed E-state index contributed by atoms with van der Waals surface area (Å²) in [5.41, 5.74) is 1.92. The molecule has 0 atom stereocenters. The van der Waals surface area contributed by atoms with Crippen molar-refractivity contribution in [3.05, 3.63) is 54.1 Å². The highest BCUT2D eigenvalue weighted by molar-refractivity contribution is 5.77. The van der Waals surface area contributed by atoms with Crippen LogP contribution in [0.3, 0.4) is 0 Å². The van der Waals surface area contributed by atoms with Crippen LogP contribution in [0.2, 0.25) is 0 Å². The summed E-state index contributed by atoms with van der Waals surface area (Å²) in [5.74, 6) is -0.138. The molecule has 0 fully saturated rings. The fraction of sp³-hybridized carbons (Fsp3) is 0.231. The fourth-order valence-corrected chi connectivity index (χ4v) is 1.46. The SMILES string of the molecule is O=C(COCc1ccccc1)NCc1cnc[nH]1. The molecule has 1 aromatic carbocycles. The van der Waals surface area contributed by atoms with Crippen molar-refractivity contribution in [1.82, 2.24) is 15.3 Å². The lowest BCUT2D eigenvalue weighted by atomic mass is 10.2. The van der Waals surface area contributed by atoms with E-state index in [1.165, 1.54) is 0 Å². The van der Waals surface area contributed by atoms with Crippen molar-refractivity contribution < 1.29 is 9.53 Å². The molecule has 94 valence electrons. The molecule has 2 N–H and O–H groups in total. The largest absolute Gasteiger partial charge is 0.367 e. The smallest absolute Gasteiger partial charge is 0.246 e. The van der Waals surface area contributed by atoms with Gasteiger partial charge >= 0.3 is 0 Å². The van der Waals surface area contributed by atoms with Gasteiger partial charge in [0.25, 0.3) is 0 Å². The van der Waals surface area contributed by atoms with Crippen molar-refractivity contribution in [3.8, 4) is 0 Å². The molecule has 0 radical (unpaired) electrons. The van der Waals surface area contributed by atoms with Gasteiger partial charge in [0.05, 0.1) is 25.2 Å². The Morgan fingerprint density at radius 2 is 2.17 bits per heavy atom. The molecule has 2 rings (SSSR count). The quantitative estimate of drug-likeness (QED) is 0.804. The number of aromatic amines is 1. The summed E-state index contributed by atoms with van der Waals surface area (Å²) in [6.07, 6.45) is 3.25. The normalized spacial score (nSPS) is 10.2. The molecule has 0 spiro atoms. The van der Waals surface area contributed by atoms with Gasteiger partial charge < -0.3 is 15.0 Å². The van der Waals surface area contributed by atoms with E-state index in [9.17, 15) is 4.79 Å². The van der Waals surface area contributed by atoms with Gasteiger partial charge in [-0.25, -0.2) is 4.98 Å². The van der Waals surface area contributed by atoms with E-state index < -0.39 is 0 Å². The minimum absolute atomic E-state index is 0.0586. The molecule has 0 unspecified atom stereocenters. The number of hydrogen-bond acceptors (Lipinski definition) is 3. The van der Waals surface area contributed by atoms with Crippen LogP contribution in [0, 0.1) is 0 Å². The van der Waals surface area contributed by atoms with Crippen LogP contribution in [0.25, 0.3) is 0 Å². The first-order chi connectivity index (χ1) is 8.84. The van der Waals surface area contributed by atoms with Crippen LogP contribution in [0.15, 0.2) is 42.9 Å². The standard InChI is InChI=1S/C13H15N3O2/c17-13(15-7-12-6-14-10-16-12)9-18-8-11-4-2-1-3-5-11/h1-6,10H,7-9H2,(H,14,16)(H,15,17). The number of carbonyl (C=O) groups excluding carboxylic acids is 1. The van der Waals surface area contributed by atoms with Gasteiger partial charge in [-0.3, -0.25) is 4.79 Å². The Morgan fingerprint density at radius 1 is 1.33 bits per heavy atom. The maximum Gasteiger partial charge on any atom is 0.246 e. The van der Waals surface area contributed by atoms with Gasteiger partial charge in [0.1, 0.15) is 6.61 Å². The summed E-state index contributed by atoms with van der Waals surface area (Å²) >= 11 is 0. The van der Waals surface area contributed by atoms with Crippen LogP contribution in [-0.4, -0.2) is 22.5 Å². The predicted molar refractivity (Wildman–Crippen MR) is 66.5 cm³/mol. The number of ether oxygens (including phenoxy) is 1. The second-order valence-electron chi connectivity index (χ2n) is 3.83. The highest BCUT2D eigenvalue weighted by atomic mass is 16.5. The van der Waals surface area contributed by atoms with Gasteiger partial charge in [0.2, 0.25) is 5.91 Å². The Hall–Kier alpha value is -2.14. The minimum atomic E-state index is -0.138. The van der Waals surface area contributed by atoms with E-state index in [2.05, 4.69) is 15.3 Å². The van der Waals surface area contributed by atoms with Crippen LogP contribution in [0.1, 0.15) is 11.3 Å². The monoisotopic (exact) mass is 245 g/mol. The van der Waals surface area contributed by atoms with Gasteiger partial charge in [-0.05, 0) is 5.56 Å². The number of hydrogen-bond donors (Lipinski definition) is 2. The van der Waals surface area contributed by atoms with Crippen LogP contribution >= 0.6 is 0 Å². The molecule has 1 heterocycles. The second kappa shape index (κ2) is 6.56. The molecule has 18 heavy (non-hydrogen) atoms. The summed E-state index contributed by atoms with van der Waals surface area (Å²) in [5, 5.41) is 2.74. The number of amides is 1. The fourth-order valence-electron chi connectivity index (χ4n) is 1.46. The third-order valence-electron chi connectivity index (χ3n) is 2.38. The lowest BCUT2D eigenvalue weighted by Gasteiger charge is -2.05. The third-order valence-corrected chi connectivity index (χ3v) is 2.38. The van der Waals surface area contributed by atoms with Gasteiger partial charge in [-0.1, -0.05) is 30.3 Å². The van der Waals surface area contributed by atoms with Gasteiger partial charge in [-0.2, -0.15) is 0 Å². The zero-order chi connectivity index (χ0) is 12.6. The molecule has 5 nitrogen and oxygen atoms in total. The van der Waals surface area contributed by atoms with E-state index in [4.69, 9.17) is 4.74 Å². The maximum atomic E-state index is 11.5. The minimum Gasteiger partial charge on any atom is -0.367 e. The molecule has 0 bridgehead atoms. The maximum absolute atomic E-state index is 11.5. The molecule has 0 aliphatic carbocycles. The first-order valence-electron chi connectivity index (χ1n) is 5.70. The summed E-state index contributed by atoms with van der Waals surface area (Å²) in [6, 6.07) is 9.75. The number of carbonyl (C=O) groups is 1. The van der Waals surface area contributed by atoms with Crippen molar-refractivity contribution in [1.29, 1.82) is 0 Å². The van der Waals surface area contributed by atoms with Crippen molar-refractivity contribution in [2.24, 2.45) is 0 Å². The Balaban J connectivity index is 1.63. The average molecular weight is 245 g/mol. The van der Waals surface area contributed by atoms with Crippen molar-refractivity contribution >= 4 is 5.91 Å². The third kappa shape index (κ3) is 4.03. The first-order valence-corrected chi connectivity index (χ1v) is 5.70. The van der Waals surface area contributed by atoms with Gasteiger partial charge in [0.15, 0.2) is 0 Å². The van der Waals surface area contributed by atoms with Crippen molar-refractivity contribution in [2.45, 2.75) is 13.2 Å². The van der Waals surface area contributed by atoms with Crippen LogP contribution in [0.5, 0.6) is 0 Å². The molecule has 0 aliphatic heterocycles. The molecule has 1 amide bonds. The molecular formula is C13H15N3O2. The van der Waals surface area contributed by atoms with Crippen molar-refractivity contribution in [3.63, 3.8) is 0 Å². The highest BCUT2D eigenvalue weighted by Crippen LogP contribution is 2.00. The number of aromatic nitrogens is 2. The zero-order valence-corrected chi connectivity index (χ0v) is 9.93. The summed E-state index contributed by atoms with van der Waals surface area (Å²) in [6.45, 7) is 0.939. The summed E-state index contributed by atoms with van der Waals surface area (Å²) in [4.78, 5) is 18.2. The molecule has 2 aromatic rings. The Kier molecular flexibility index (Phi) is 4.49. The van der Waals surface area contributed by atoms with E-state index in [1.807, 2.05) is 30.3 Å². The second-order valence-corrected chi connectivity index (χ2v) is 3.83. The molecular weight excluding hydrogens is 230 g/mol. The molecule has 0 saturated heterocycles. The number of nitrogens with one attached hydrogen (secondary N) is 2. The Morgan fingerprint density at radius 3 is 2.89 bits per heavy atom. The van der Waals surface area contributed by atoms with E-state index in [-0.39, 0.29) is 12.5 Å². The number of benzene rings is 1. The van der Waals surface area contributed by atoms with Crippen molar-refractivity contribution in [2.75, 3.05) is 6.61 Å². The lowest BCUT2D eigenvalue weighted by Crippen LogP contribution is -2.27. The lowest BCUT2D eigenvalue weighted by molar-refractivity contribution is -0.126. The highest BCUT2D eigenvalue weighted by Gasteiger charge is 2.02. The Labute approximate surface area is 105 Å². The van der Waals surface area contributed by atoms with Gasteiger partial charge in [0, 0.05) is 6.20 Å². The van der Waals surface area contributed by atoms with E-state index >= 15 is 0 Å². The van der Waals surface area contributed by atoms with Crippen LogP contribution in [-0.2, 0) is 22.7 Å². The summed E-state index contributed by atoms with van der Waals surface area (Å²) < 4.78 is 5.31. The number of imidazole rings is 1. The first kappa shape index (κ1) is 12.3. The van der Waals surface area contributed by atoms with Crippen LogP contribution in [0.4, 0.5) is 0 Å². The van der Waals surface area contributed by atoms with E-state index in [0.717, 1.165) is 11.3 Å². The molecule has 0 saturated carbocycles. The number of H-pyrrole nitrogens is 1.